The molecule has 3 heteroatoms. The van der Waals surface area contributed by atoms with Gasteiger partial charge in [0.25, 0.3) is 0 Å². The molecule has 17 heavy (non-hydrogen) atoms. The van der Waals surface area contributed by atoms with E-state index >= 15 is 0 Å². The molecule has 0 spiro atoms. The molecule has 0 aliphatic heterocycles. The largest absolute Gasteiger partial charge is 0.300 e. The smallest absolute Gasteiger partial charge is 0.151 e. The third-order valence-electron chi connectivity index (χ3n) is 3.91. The number of rotatable bonds is 4. The summed E-state index contributed by atoms with van der Waals surface area (Å²) in [5.74, 6) is -0.0141. The number of carbonyl (C=O) groups excluding carboxylic acids is 3. The molecular formula is C14H22O3. The van der Waals surface area contributed by atoms with Crippen LogP contribution in [-0.4, -0.2) is 17.3 Å². The van der Waals surface area contributed by atoms with Crippen molar-refractivity contribution >= 4 is 17.3 Å². The second kappa shape index (κ2) is 4.71. The molecule has 1 aliphatic rings. The Bertz CT molecular complexity index is 354. The Labute approximate surface area is 103 Å². The van der Waals surface area contributed by atoms with Gasteiger partial charge in [0.05, 0.1) is 5.41 Å². The predicted molar refractivity (Wildman–Crippen MR) is 65.7 cm³/mol. The van der Waals surface area contributed by atoms with Crippen LogP contribution >= 0.6 is 0 Å². The molecule has 0 N–H and O–H groups in total. The fraction of sp³-hybridized carbons (Fsp3) is 0.786. The topological polar surface area (TPSA) is 51.2 Å². The number of Topliss-reactive ketones (excluding diaryl/α,β-unsaturated/α-hetero) is 3. The van der Waals surface area contributed by atoms with Crippen molar-refractivity contribution in [2.24, 2.45) is 10.8 Å². The molecular weight excluding hydrogens is 216 g/mol. The quantitative estimate of drug-likeness (QED) is 0.707. The van der Waals surface area contributed by atoms with Gasteiger partial charge in [-0.2, -0.15) is 0 Å². The number of hydrogen-bond donors (Lipinski definition) is 0. The molecule has 0 aromatic rings. The zero-order valence-corrected chi connectivity index (χ0v) is 11.3. The summed E-state index contributed by atoms with van der Waals surface area (Å²) in [4.78, 5) is 35.4. The van der Waals surface area contributed by atoms with Crippen molar-refractivity contribution < 1.29 is 14.4 Å². The second-order valence-corrected chi connectivity index (χ2v) is 6.02. The zero-order valence-electron chi connectivity index (χ0n) is 11.3. The van der Waals surface area contributed by atoms with Gasteiger partial charge in [-0.25, -0.2) is 0 Å². The van der Waals surface area contributed by atoms with E-state index in [0.717, 1.165) is 12.8 Å². The van der Waals surface area contributed by atoms with Crippen molar-refractivity contribution in [3.63, 3.8) is 0 Å². The van der Waals surface area contributed by atoms with Gasteiger partial charge in [0, 0.05) is 18.3 Å². The van der Waals surface area contributed by atoms with E-state index in [0.29, 0.717) is 6.42 Å². The first-order valence-corrected chi connectivity index (χ1v) is 6.28. The first kappa shape index (κ1) is 14.1. The Balaban J connectivity index is 2.82. The van der Waals surface area contributed by atoms with Crippen molar-refractivity contribution in [2.45, 2.75) is 59.8 Å². The van der Waals surface area contributed by atoms with Gasteiger partial charge in [0.2, 0.25) is 0 Å². The normalized spacial score (nSPS) is 27.9. The molecule has 0 unspecified atom stereocenters. The van der Waals surface area contributed by atoms with Crippen LogP contribution in [0.5, 0.6) is 0 Å². The maximum absolute atomic E-state index is 12.3. The first-order valence-electron chi connectivity index (χ1n) is 6.28. The van der Waals surface area contributed by atoms with Gasteiger partial charge in [-0.05, 0) is 26.7 Å². The van der Waals surface area contributed by atoms with Crippen molar-refractivity contribution in [1.29, 1.82) is 0 Å². The summed E-state index contributed by atoms with van der Waals surface area (Å²) >= 11 is 0. The van der Waals surface area contributed by atoms with E-state index < -0.39 is 10.8 Å². The Morgan fingerprint density at radius 2 is 1.71 bits per heavy atom. The van der Waals surface area contributed by atoms with E-state index in [1.165, 1.54) is 6.92 Å². The third kappa shape index (κ3) is 2.82. The number of carbonyl (C=O) groups is 3. The van der Waals surface area contributed by atoms with Gasteiger partial charge >= 0.3 is 0 Å². The summed E-state index contributed by atoms with van der Waals surface area (Å²) in [5, 5.41) is 0. The van der Waals surface area contributed by atoms with Gasteiger partial charge in [-0.15, -0.1) is 0 Å². The summed E-state index contributed by atoms with van der Waals surface area (Å²) in [6, 6.07) is 0. The molecule has 1 saturated carbocycles. The van der Waals surface area contributed by atoms with Crippen molar-refractivity contribution in [2.75, 3.05) is 0 Å². The first-order chi connectivity index (χ1) is 7.70. The summed E-state index contributed by atoms with van der Waals surface area (Å²) in [7, 11) is 0. The van der Waals surface area contributed by atoms with Crippen LogP contribution in [-0.2, 0) is 14.4 Å². The maximum Gasteiger partial charge on any atom is 0.151 e. The summed E-state index contributed by atoms with van der Waals surface area (Å²) in [6.45, 7) is 7.04. The molecule has 0 saturated heterocycles. The lowest BCUT2D eigenvalue weighted by Crippen LogP contribution is -2.47. The second-order valence-electron chi connectivity index (χ2n) is 6.02. The minimum Gasteiger partial charge on any atom is -0.300 e. The lowest BCUT2D eigenvalue weighted by molar-refractivity contribution is -0.149. The minimum absolute atomic E-state index is 0.00414. The van der Waals surface area contributed by atoms with Crippen LogP contribution in [0.2, 0.25) is 0 Å². The van der Waals surface area contributed by atoms with E-state index in [9.17, 15) is 14.4 Å². The van der Waals surface area contributed by atoms with E-state index in [2.05, 4.69) is 0 Å². The van der Waals surface area contributed by atoms with Crippen LogP contribution in [0.1, 0.15) is 59.8 Å². The van der Waals surface area contributed by atoms with Gasteiger partial charge in [-0.3, -0.25) is 9.59 Å². The highest BCUT2D eigenvalue weighted by Crippen LogP contribution is 2.43. The minimum atomic E-state index is -0.864. The Hall–Kier alpha value is -0.990. The van der Waals surface area contributed by atoms with Crippen molar-refractivity contribution in [3.05, 3.63) is 0 Å². The Kier molecular flexibility index (Phi) is 3.90. The highest BCUT2D eigenvalue weighted by molar-refractivity contribution is 6.09. The Morgan fingerprint density at radius 3 is 2.24 bits per heavy atom. The van der Waals surface area contributed by atoms with Crippen LogP contribution in [0.25, 0.3) is 0 Å². The third-order valence-corrected chi connectivity index (χ3v) is 3.91. The lowest BCUT2D eigenvalue weighted by Gasteiger charge is -2.40. The molecule has 0 radical (unpaired) electrons. The molecule has 1 aliphatic carbocycles. The van der Waals surface area contributed by atoms with Crippen LogP contribution in [0.3, 0.4) is 0 Å². The standard InChI is InChI=1S/C14H22O3/c1-10(15)6-7-11(16)14(4)9-5-8-13(2,3)12(14)17/h5-9H2,1-4H3/t14-/m0/s1. The summed E-state index contributed by atoms with van der Waals surface area (Å²) in [6.07, 6.45) is 2.84. The van der Waals surface area contributed by atoms with Crippen molar-refractivity contribution in [3.8, 4) is 0 Å². The maximum atomic E-state index is 12.3. The molecule has 3 nitrogen and oxygen atoms in total. The molecule has 0 amide bonds. The molecule has 0 bridgehead atoms. The number of ketones is 3. The van der Waals surface area contributed by atoms with Crippen LogP contribution in [0.15, 0.2) is 0 Å². The van der Waals surface area contributed by atoms with Crippen LogP contribution in [0, 0.1) is 10.8 Å². The molecule has 1 fully saturated rings. The van der Waals surface area contributed by atoms with E-state index in [-0.39, 0.29) is 30.2 Å². The highest BCUT2D eigenvalue weighted by atomic mass is 16.2. The highest BCUT2D eigenvalue weighted by Gasteiger charge is 2.49. The lowest BCUT2D eigenvalue weighted by atomic mass is 9.61. The van der Waals surface area contributed by atoms with Gasteiger partial charge in [0.15, 0.2) is 5.78 Å². The van der Waals surface area contributed by atoms with Crippen molar-refractivity contribution in [1.82, 2.24) is 0 Å². The van der Waals surface area contributed by atoms with E-state index in [1.54, 1.807) is 6.92 Å². The molecule has 96 valence electrons. The zero-order chi connectivity index (χ0) is 13.3. The number of hydrogen-bond acceptors (Lipinski definition) is 3. The predicted octanol–water partition coefficient (Wildman–Crippen LogP) is 2.71. The molecule has 0 heterocycles. The fourth-order valence-electron chi connectivity index (χ4n) is 2.69. The van der Waals surface area contributed by atoms with E-state index in [1.807, 2.05) is 13.8 Å². The average Bonchev–Trinajstić information content (AvgIpc) is 2.22. The van der Waals surface area contributed by atoms with Gasteiger partial charge in [0.1, 0.15) is 11.6 Å². The summed E-state index contributed by atoms with van der Waals surface area (Å²) in [5.41, 5.74) is -1.27. The molecule has 0 aromatic carbocycles. The molecule has 1 atom stereocenters. The van der Waals surface area contributed by atoms with Crippen LogP contribution < -0.4 is 0 Å². The van der Waals surface area contributed by atoms with Crippen LogP contribution in [0.4, 0.5) is 0 Å². The molecule has 0 aromatic heterocycles. The van der Waals surface area contributed by atoms with Gasteiger partial charge in [-0.1, -0.05) is 20.3 Å². The molecule has 1 rings (SSSR count). The monoisotopic (exact) mass is 238 g/mol. The van der Waals surface area contributed by atoms with Gasteiger partial charge < -0.3 is 4.79 Å². The fourth-order valence-corrected chi connectivity index (χ4v) is 2.69. The van der Waals surface area contributed by atoms with E-state index in [4.69, 9.17) is 0 Å². The summed E-state index contributed by atoms with van der Waals surface area (Å²) < 4.78 is 0. The SMILES string of the molecule is CC(=O)CCC(=O)[C@]1(C)CCCC(C)(C)C1=O. The Morgan fingerprint density at radius 1 is 1.12 bits per heavy atom. The average molecular weight is 238 g/mol.